The summed E-state index contributed by atoms with van der Waals surface area (Å²) < 4.78 is 2.27. The summed E-state index contributed by atoms with van der Waals surface area (Å²) in [5, 5.41) is 1.90. The van der Waals surface area contributed by atoms with Crippen LogP contribution in [0.3, 0.4) is 0 Å². The van der Waals surface area contributed by atoms with E-state index in [9.17, 15) is 4.79 Å². The molecule has 0 bridgehead atoms. The van der Waals surface area contributed by atoms with Crippen LogP contribution in [0, 0.1) is 0 Å². The number of benzene rings is 1. The third-order valence-electron chi connectivity index (χ3n) is 2.06. The van der Waals surface area contributed by atoms with Crippen LogP contribution in [0.25, 0.3) is 10.1 Å². The van der Waals surface area contributed by atoms with Gasteiger partial charge in [0.1, 0.15) is 6.29 Å². The summed E-state index contributed by atoms with van der Waals surface area (Å²) in [6, 6.07) is 5.91. The second-order valence-corrected chi connectivity index (χ2v) is 5.85. The molecule has 0 aliphatic rings. The Labute approximate surface area is 102 Å². The summed E-state index contributed by atoms with van der Waals surface area (Å²) in [7, 11) is 0. The molecule has 0 saturated carbocycles. The first-order valence-corrected chi connectivity index (χ1v) is 6.71. The zero-order valence-corrected chi connectivity index (χ0v) is 11.1. The van der Waals surface area contributed by atoms with Crippen LogP contribution in [0.5, 0.6) is 0 Å². The zero-order valence-electron chi connectivity index (χ0n) is 7.09. The van der Waals surface area contributed by atoms with Crippen molar-refractivity contribution in [3.8, 4) is 0 Å². The Hall–Kier alpha value is -0.190. The lowest BCUT2D eigenvalue weighted by atomic mass is 10.1. The fourth-order valence-electron chi connectivity index (χ4n) is 1.39. The second-order valence-electron chi connectivity index (χ2n) is 2.85. The van der Waals surface area contributed by atoms with E-state index in [2.05, 4.69) is 37.9 Å². The maximum Gasteiger partial charge on any atom is 0.150 e. The van der Waals surface area contributed by atoms with Gasteiger partial charge in [0.2, 0.25) is 0 Å². The van der Waals surface area contributed by atoms with Crippen LogP contribution in [-0.2, 0) is 5.33 Å². The number of carbonyl (C=O) groups excluding carboxylic acids is 1. The van der Waals surface area contributed by atoms with Gasteiger partial charge in [-0.25, -0.2) is 0 Å². The SMILES string of the molecule is O=Cc1ccc2cc(Br)sc2c1CBr. The molecule has 0 aliphatic heterocycles. The van der Waals surface area contributed by atoms with Gasteiger partial charge < -0.3 is 0 Å². The number of carbonyl (C=O) groups is 1. The van der Waals surface area contributed by atoms with Crippen LogP contribution >= 0.6 is 43.2 Å². The summed E-state index contributed by atoms with van der Waals surface area (Å²) in [6.45, 7) is 0. The third kappa shape index (κ3) is 1.66. The maximum atomic E-state index is 10.8. The van der Waals surface area contributed by atoms with E-state index in [1.807, 2.05) is 12.1 Å². The van der Waals surface area contributed by atoms with E-state index in [1.54, 1.807) is 11.3 Å². The number of rotatable bonds is 2. The number of thiophene rings is 1. The third-order valence-corrected chi connectivity index (χ3v) is 4.33. The number of hydrogen-bond acceptors (Lipinski definition) is 2. The largest absolute Gasteiger partial charge is 0.298 e. The fourth-order valence-corrected chi connectivity index (χ4v) is 3.85. The highest BCUT2D eigenvalue weighted by Crippen LogP contribution is 2.34. The van der Waals surface area contributed by atoms with Crippen molar-refractivity contribution in [2.75, 3.05) is 0 Å². The second kappa shape index (κ2) is 4.13. The standard InChI is InChI=1S/C10H6Br2OS/c11-4-8-7(5-13)2-1-6-3-9(12)14-10(6)8/h1-3,5H,4H2. The van der Waals surface area contributed by atoms with Gasteiger partial charge in [-0.2, -0.15) is 0 Å². The minimum Gasteiger partial charge on any atom is -0.298 e. The molecule has 1 heterocycles. The van der Waals surface area contributed by atoms with Crippen molar-refractivity contribution < 1.29 is 4.79 Å². The van der Waals surface area contributed by atoms with Crippen LogP contribution in [0.4, 0.5) is 0 Å². The molecule has 0 N–H and O–H groups in total. The molecular weight excluding hydrogens is 328 g/mol. The van der Waals surface area contributed by atoms with Gasteiger partial charge in [0.25, 0.3) is 0 Å². The molecule has 0 unspecified atom stereocenters. The number of aldehydes is 1. The van der Waals surface area contributed by atoms with Crippen molar-refractivity contribution in [2.24, 2.45) is 0 Å². The molecule has 0 fully saturated rings. The lowest BCUT2D eigenvalue weighted by Crippen LogP contribution is -1.88. The highest BCUT2D eigenvalue weighted by atomic mass is 79.9. The van der Waals surface area contributed by atoms with Gasteiger partial charge in [0, 0.05) is 15.6 Å². The molecular formula is C10H6Br2OS. The average Bonchev–Trinajstić information content (AvgIpc) is 2.56. The monoisotopic (exact) mass is 332 g/mol. The molecule has 2 rings (SSSR count). The number of hydrogen-bond donors (Lipinski definition) is 0. The predicted octanol–water partition coefficient (Wildman–Crippen LogP) is 4.37. The van der Waals surface area contributed by atoms with Crippen molar-refractivity contribution in [3.05, 3.63) is 33.1 Å². The van der Waals surface area contributed by atoms with Crippen LogP contribution in [0.1, 0.15) is 15.9 Å². The van der Waals surface area contributed by atoms with Gasteiger partial charge in [-0.3, -0.25) is 4.79 Å². The van der Waals surface area contributed by atoms with E-state index < -0.39 is 0 Å². The van der Waals surface area contributed by atoms with Gasteiger partial charge in [-0.15, -0.1) is 11.3 Å². The molecule has 1 aromatic heterocycles. The van der Waals surface area contributed by atoms with Crippen molar-refractivity contribution in [2.45, 2.75) is 5.33 Å². The van der Waals surface area contributed by atoms with Gasteiger partial charge in [0.05, 0.1) is 3.79 Å². The maximum absolute atomic E-state index is 10.8. The summed E-state index contributed by atoms with van der Waals surface area (Å²) >= 11 is 8.52. The Bertz CT molecular complexity index is 490. The molecule has 1 nitrogen and oxygen atoms in total. The smallest absolute Gasteiger partial charge is 0.150 e. The molecule has 0 saturated heterocycles. The lowest BCUT2D eigenvalue weighted by Gasteiger charge is -2.01. The molecule has 2 aromatic rings. The van der Waals surface area contributed by atoms with Crippen LogP contribution in [-0.4, -0.2) is 6.29 Å². The highest BCUT2D eigenvalue weighted by molar-refractivity contribution is 9.11. The fraction of sp³-hybridized carbons (Fsp3) is 0.100. The summed E-state index contributed by atoms with van der Waals surface area (Å²) in [4.78, 5) is 10.8. The first-order chi connectivity index (χ1) is 6.76. The highest BCUT2D eigenvalue weighted by Gasteiger charge is 2.08. The Morgan fingerprint density at radius 2 is 2.21 bits per heavy atom. The van der Waals surface area contributed by atoms with E-state index in [-0.39, 0.29) is 0 Å². The van der Waals surface area contributed by atoms with Crippen molar-refractivity contribution in [1.82, 2.24) is 0 Å². The van der Waals surface area contributed by atoms with Crippen LogP contribution in [0.15, 0.2) is 22.0 Å². The predicted molar refractivity (Wildman–Crippen MR) is 67.5 cm³/mol. The summed E-state index contributed by atoms with van der Waals surface area (Å²) in [5.74, 6) is 0. The average molecular weight is 334 g/mol. The number of alkyl halides is 1. The molecule has 0 aliphatic carbocycles. The van der Waals surface area contributed by atoms with E-state index in [1.165, 1.54) is 10.1 Å². The first-order valence-electron chi connectivity index (χ1n) is 3.98. The quantitative estimate of drug-likeness (QED) is 0.589. The Morgan fingerprint density at radius 3 is 2.86 bits per heavy atom. The first kappa shape index (κ1) is 10.3. The molecule has 72 valence electrons. The van der Waals surface area contributed by atoms with Gasteiger partial charge in [-0.05, 0) is 32.9 Å². The summed E-state index contributed by atoms with van der Waals surface area (Å²) in [5.41, 5.74) is 1.84. The molecule has 4 heteroatoms. The van der Waals surface area contributed by atoms with E-state index in [4.69, 9.17) is 0 Å². The van der Waals surface area contributed by atoms with Crippen molar-refractivity contribution >= 4 is 59.6 Å². The molecule has 0 radical (unpaired) electrons. The molecule has 0 amide bonds. The van der Waals surface area contributed by atoms with Crippen molar-refractivity contribution in [3.63, 3.8) is 0 Å². The van der Waals surface area contributed by atoms with Crippen LogP contribution in [0.2, 0.25) is 0 Å². The lowest BCUT2D eigenvalue weighted by molar-refractivity contribution is 0.112. The normalized spacial score (nSPS) is 10.7. The zero-order chi connectivity index (χ0) is 10.1. The minimum absolute atomic E-state index is 0.714. The Kier molecular flexibility index (Phi) is 3.04. The number of halogens is 2. The van der Waals surface area contributed by atoms with E-state index in [0.29, 0.717) is 5.33 Å². The van der Waals surface area contributed by atoms with Gasteiger partial charge in [-0.1, -0.05) is 28.1 Å². The molecule has 0 spiro atoms. The van der Waals surface area contributed by atoms with E-state index in [0.717, 1.165) is 21.2 Å². The molecule has 14 heavy (non-hydrogen) atoms. The topological polar surface area (TPSA) is 17.1 Å². The van der Waals surface area contributed by atoms with E-state index >= 15 is 0 Å². The molecule has 0 atom stereocenters. The van der Waals surface area contributed by atoms with Crippen molar-refractivity contribution in [1.29, 1.82) is 0 Å². The van der Waals surface area contributed by atoms with Gasteiger partial charge in [0.15, 0.2) is 0 Å². The number of fused-ring (bicyclic) bond motifs is 1. The van der Waals surface area contributed by atoms with Gasteiger partial charge >= 0.3 is 0 Å². The molecule has 1 aromatic carbocycles. The summed E-state index contributed by atoms with van der Waals surface area (Å²) in [6.07, 6.45) is 0.906. The Balaban J connectivity index is 2.82. The Morgan fingerprint density at radius 1 is 1.43 bits per heavy atom. The van der Waals surface area contributed by atoms with Crippen LogP contribution < -0.4 is 0 Å². The minimum atomic E-state index is 0.714.